The molecule has 1 fully saturated rings. The van der Waals surface area contributed by atoms with Crippen LogP contribution in [-0.2, 0) is 9.59 Å². The van der Waals surface area contributed by atoms with Crippen LogP contribution in [0.2, 0.25) is 0 Å². The number of halogens is 1. The molecule has 1 aliphatic heterocycles. The second kappa shape index (κ2) is 6.49. The van der Waals surface area contributed by atoms with Crippen LogP contribution in [0.4, 0.5) is 5.69 Å². The van der Waals surface area contributed by atoms with E-state index < -0.39 is 5.91 Å². The minimum atomic E-state index is -0.428. The predicted octanol–water partition coefficient (Wildman–Crippen LogP) is 3.23. The first-order valence-corrected chi connectivity index (χ1v) is 8.06. The maximum absolute atomic E-state index is 12.6. The number of nitrogens with one attached hydrogen (secondary N) is 1. The third kappa shape index (κ3) is 3.05. The zero-order valence-corrected chi connectivity index (χ0v) is 14.8. The van der Waals surface area contributed by atoms with Gasteiger partial charge in [-0.3, -0.25) is 15.0 Å². The molecule has 0 unspecified atom stereocenters. The van der Waals surface area contributed by atoms with Gasteiger partial charge in [0.05, 0.1) is 12.8 Å². The molecule has 1 aliphatic rings. The van der Waals surface area contributed by atoms with E-state index >= 15 is 0 Å². The van der Waals surface area contributed by atoms with Crippen molar-refractivity contribution in [3.05, 3.63) is 63.6 Å². The standard InChI is InChI=1S/C18H15BrN2O3/c1-11-3-4-12(10-16(11)24-2)9-15-17(22)20-21(18(15)23)14-7-5-13(19)6-8-14/h3-10H,1-2H3,(H,20,22)/b15-9-. The number of hydrogen-bond acceptors (Lipinski definition) is 3. The molecule has 5 nitrogen and oxygen atoms in total. The molecule has 2 aromatic rings. The number of rotatable bonds is 3. The summed E-state index contributed by atoms with van der Waals surface area (Å²) in [5.41, 5.74) is 4.98. The Morgan fingerprint density at radius 1 is 1.12 bits per heavy atom. The van der Waals surface area contributed by atoms with Gasteiger partial charge < -0.3 is 4.74 Å². The highest BCUT2D eigenvalue weighted by Crippen LogP contribution is 2.25. The monoisotopic (exact) mass is 386 g/mol. The average molecular weight is 387 g/mol. The molecule has 1 saturated heterocycles. The second-order valence-corrected chi connectivity index (χ2v) is 6.26. The molecule has 0 saturated carbocycles. The number of amides is 2. The molecule has 6 heteroatoms. The zero-order valence-electron chi connectivity index (χ0n) is 13.2. The van der Waals surface area contributed by atoms with Crippen molar-refractivity contribution in [1.82, 2.24) is 5.43 Å². The van der Waals surface area contributed by atoms with Crippen molar-refractivity contribution in [2.24, 2.45) is 0 Å². The van der Waals surface area contributed by atoms with Crippen LogP contribution in [0.5, 0.6) is 5.75 Å². The SMILES string of the molecule is COc1cc(/C=C2/C(=O)NN(c3ccc(Br)cc3)C2=O)ccc1C. The summed E-state index contributed by atoms with van der Waals surface area (Å²) in [4.78, 5) is 24.7. The second-order valence-electron chi connectivity index (χ2n) is 5.34. The van der Waals surface area contributed by atoms with Gasteiger partial charge in [-0.25, -0.2) is 5.01 Å². The van der Waals surface area contributed by atoms with Crippen LogP contribution in [0.1, 0.15) is 11.1 Å². The number of hydrogen-bond donors (Lipinski definition) is 1. The largest absolute Gasteiger partial charge is 0.496 e. The van der Waals surface area contributed by atoms with E-state index in [0.29, 0.717) is 11.4 Å². The topological polar surface area (TPSA) is 58.6 Å². The van der Waals surface area contributed by atoms with Gasteiger partial charge in [0.2, 0.25) is 0 Å². The number of anilines is 1. The van der Waals surface area contributed by atoms with E-state index in [4.69, 9.17) is 4.74 Å². The molecule has 122 valence electrons. The van der Waals surface area contributed by atoms with Gasteiger partial charge >= 0.3 is 0 Å². The lowest BCUT2D eigenvalue weighted by Crippen LogP contribution is -2.35. The van der Waals surface area contributed by atoms with Gasteiger partial charge in [-0.1, -0.05) is 28.1 Å². The van der Waals surface area contributed by atoms with E-state index in [1.807, 2.05) is 19.1 Å². The van der Waals surface area contributed by atoms with Crippen molar-refractivity contribution in [3.8, 4) is 5.75 Å². The van der Waals surface area contributed by atoms with E-state index in [-0.39, 0.29) is 11.5 Å². The van der Waals surface area contributed by atoms with Crippen LogP contribution in [0.3, 0.4) is 0 Å². The maximum atomic E-state index is 12.6. The minimum absolute atomic E-state index is 0.0869. The first-order chi connectivity index (χ1) is 11.5. The summed E-state index contributed by atoms with van der Waals surface area (Å²) in [6.07, 6.45) is 1.57. The Bertz CT molecular complexity index is 844. The molecule has 0 spiro atoms. The van der Waals surface area contributed by atoms with E-state index in [2.05, 4.69) is 21.4 Å². The fraction of sp³-hybridized carbons (Fsp3) is 0.111. The van der Waals surface area contributed by atoms with Gasteiger partial charge in [0, 0.05) is 4.47 Å². The smallest absolute Gasteiger partial charge is 0.282 e. The molecule has 0 aromatic heterocycles. The van der Waals surface area contributed by atoms with Crippen LogP contribution in [0.15, 0.2) is 52.5 Å². The number of carbonyl (C=O) groups is 2. The lowest BCUT2D eigenvalue weighted by Gasteiger charge is -2.14. The molecule has 1 N–H and O–H groups in total. The fourth-order valence-corrected chi connectivity index (χ4v) is 2.69. The number of benzene rings is 2. The number of nitrogens with zero attached hydrogens (tertiary/aromatic N) is 1. The quantitative estimate of drug-likeness (QED) is 0.650. The molecule has 0 radical (unpaired) electrons. The van der Waals surface area contributed by atoms with E-state index in [0.717, 1.165) is 15.6 Å². The highest BCUT2D eigenvalue weighted by Gasteiger charge is 2.34. The summed E-state index contributed by atoms with van der Waals surface area (Å²) in [5.74, 6) is -0.107. The Morgan fingerprint density at radius 2 is 1.83 bits per heavy atom. The zero-order chi connectivity index (χ0) is 17.3. The summed E-state index contributed by atoms with van der Waals surface area (Å²) in [7, 11) is 1.59. The van der Waals surface area contributed by atoms with Gasteiger partial charge in [-0.05, 0) is 54.5 Å². The first-order valence-electron chi connectivity index (χ1n) is 7.27. The molecular formula is C18H15BrN2O3. The lowest BCUT2D eigenvalue weighted by molar-refractivity contribution is -0.117. The van der Waals surface area contributed by atoms with Crippen molar-refractivity contribution in [2.45, 2.75) is 6.92 Å². The van der Waals surface area contributed by atoms with Crippen LogP contribution >= 0.6 is 15.9 Å². The summed E-state index contributed by atoms with van der Waals surface area (Å²) >= 11 is 3.34. The van der Waals surface area contributed by atoms with Crippen molar-refractivity contribution in [2.75, 3.05) is 12.1 Å². The van der Waals surface area contributed by atoms with E-state index in [1.54, 1.807) is 43.5 Å². The number of ether oxygens (including phenoxy) is 1. The van der Waals surface area contributed by atoms with Gasteiger partial charge in [-0.15, -0.1) is 0 Å². The molecule has 0 aliphatic carbocycles. The third-order valence-electron chi connectivity index (χ3n) is 3.72. The van der Waals surface area contributed by atoms with Crippen LogP contribution in [0, 0.1) is 6.92 Å². The molecule has 3 rings (SSSR count). The normalized spacial score (nSPS) is 15.8. The Kier molecular flexibility index (Phi) is 4.40. The van der Waals surface area contributed by atoms with Crippen LogP contribution in [-0.4, -0.2) is 18.9 Å². The Morgan fingerprint density at radius 3 is 2.50 bits per heavy atom. The molecule has 24 heavy (non-hydrogen) atoms. The number of carbonyl (C=O) groups excluding carboxylic acids is 2. The number of hydrazine groups is 1. The van der Waals surface area contributed by atoms with Crippen LogP contribution < -0.4 is 15.2 Å². The number of methoxy groups -OCH3 is 1. The molecule has 0 bridgehead atoms. The number of aryl methyl sites for hydroxylation is 1. The van der Waals surface area contributed by atoms with Crippen LogP contribution in [0.25, 0.3) is 6.08 Å². The Labute approximate surface area is 148 Å². The summed E-state index contributed by atoms with van der Waals surface area (Å²) < 4.78 is 6.17. The molecule has 1 heterocycles. The van der Waals surface area contributed by atoms with Gasteiger partial charge in [0.25, 0.3) is 11.8 Å². The van der Waals surface area contributed by atoms with Gasteiger partial charge in [0.15, 0.2) is 0 Å². The van der Waals surface area contributed by atoms with Gasteiger partial charge in [-0.2, -0.15) is 0 Å². The van der Waals surface area contributed by atoms with Crippen molar-refractivity contribution in [3.63, 3.8) is 0 Å². The summed E-state index contributed by atoms with van der Waals surface area (Å²) in [6, 6.07) is 12.6. The van der Waals surface area contributed by atoms with Crippen molar-refractivity contribution in [1.29, 1.82) is 0 Å². The molecule has 2 amide bonds. The van der Waals surface area contributed by atoms with E-state index in [9.17, 15) is 9.59 Å². The van der Waals surface area contributed by atoms with Crippen molar-refractivity contribution >= 4 is 39.5 Å². The van der Waals surface area contributed by atoms with Gasteiger partial charge in [0.1, 0.15) is 11.3 Å². The highest BCUT2D eigenvalue weighted by atomic mass is 79.9. The maximum Gasteiger partial charge on any atom is 0.282 e. The van der Waals surface area contributed by atoms with Crippen molar-refractivity contribution < 1.29 is 14.3 Å². The Hall–Kier alpha value is -2.60. The molecule has 2 aromatic carbocycles. The summed E-state index contributed by atoms with van der Waals surface area (Å²) in [6.45, 7) is 1.93. The lowest BCUT2D eigenvalue weighted by atomic mass is 10.1. The molecule has 0 atom stereocenters. The Balaban J connectivity index is 1.93. The summed E-state index contributed by atoms with van der Waals surface area (Å²) in [5, 5.41) is 1.24. The highest BCUT2D eigenvalue weighted by molar-refractivity contribution is 9.10. The van der Waals surface area contributed by atoms with E-state index in [1.165, 1.54) is 5.01 Å². The minimum Gasteiger partial charge on any atom is -0.496 e. The fourth-order valence-electron chi connectivity index (χ4n) is 2.42. The third-order valence-corrected chi connectivity index (χ3v) is 4.25. The molecular weight excluding hydrogens is 372 g/mol. The predicted molar refractivity (Wildman–Crippen MR) is 95.5 cm³/mol. The average Bonchev–Trinajstić information content (AvgIpc) is 2.85. The first kappa shape index (κ1) is 16.3.